The van der Waals surface area contributed by atoms with E-state index in [1.54, 1.807) is 23.9 Å². The molecule has 1 aromatic carbocycles. The molecule has 0 radical (unpaired) electrons. The van der Waals surface area contributed by atoms with Crippen molar-refractivity contribution in [2.45, 2.75) is 23.5 Å². The molecule has 0 atom stereocenters. The van der Waals surface area contributed by atoms with Crippen LogP contribution in [0, 0.1) is 0 Å². The van der Waals surface area contributed by atoms with Crippen molar-refractivity contribution >= 4 is 33.2 Å². The van der Waals surface area contributed by atoms with Crippen molar-refractivity contribution in [2.75, 3.05) is 30.9 Å². The van der Waals surface area contributed by atoms with E-state index in [4.69, 9.17) is 5.73 Å². The van der Waals surface area contributed by atoms with E-state index in [0.717, 1.165) is 12.2 Å². The first-order chi connectivity index (χ1) is 8.72. The second-order valence-electron chi connectivity index (χ2n) is 4.78. The molecule has 0 amide bonds. The first-order valence-electron chi connectivity index (χ1n) is 5.84. The van der Waals surface area contributed by atoms with Gasteiger partial charge in [-0.3, -0.25) is 0 Å². The third-order valence-corrected chi connectivity index (χ3v) is 5.58. The minimum atomic E-state index is -3.50. The van der Waals surface area contributed by atoms with Crippen molar-refractivity contribution in [1.29, 1.82) is 0 Å². The lowest BCUT2D eigenvalue weighted by molar-refractivity contribution is 0.588. The number of nitrogens with one attached hydrogen (secondary N) is 2. The summed E-state index contributed by atoms with van der Waals surface area (Å²) in [5.41, 5.74) is 6.84. The fourth-order valence-electron chi connectivity index (χ4n) is 1.40. The summed E-state index contributed by atoms with van der Waals surface area (Å²) >= 11 is 1.76. The first kappa shape index (κ1) is 16.1. The van der Waals surface area contributed by atoms with E-state index >= 15 is 0 Å². The molecule has 1 aromatic rings. The lowest BCUT2D eigenvalue weighted by Gasteiger charge is -2.23. The maximum Gasteiger partial charge on any atom is 0.242 e. The number of nitrogen functional groups attached to an aromatic ring is 1. The fraction of sp³-hybridized carbons (Fsp3) is 0.500. The lowest BCUT2D eigenvalue weighted by atomic mass is 10.2. The Bertz CT molecular complexity index is 542. The van der Waals surface area contributed by atoms with Crippen LogP contribution < -0.4 is 15.8 Å². The Morgan fingerprint density at radius 2 is 2.00 bits per heavy atom. The average molecular weight is 303 g/mol. The molecule has 0 saturated carbocycles. The summed E-state index contributed by atoms with van der Waals surface area (Å²) < 4.78 is 25.7. The molecular weight excluding hydrogens is 282 g/mol. The number of benzene rings is 1. The van der Waals surface area contributed by atoms with Gasteiger partial charge in [0.15, 0.2) is 0 Å². The highest BCUT2D eigenvalue weighted by molar-refractivity contribution is 7.99. The summed E-state index contributed by atoms with van der Waals surface area (Å²) in [6.45, 7) is 5.04. The second-order valence-corrected chi connectivity index (χ2v) is 8.15. The van der Waals surface area contributed by atoms with Gasteiger partial charge < -0.3 is 11.1 Å². The zero-order valence-corrected chi connectivity index (χ0v) is 13.3. The molecule has 7 heteroatoms. The maximum absolute atomic E-state index is 11.7. The lowest BCUT2D eigenvalue weighted by Crippen LogP contribution is -2.26. The van der Waals surface area contributed by atoms with Crippen molar-refractivity contribution in [1.82, 2.24) is 4.72 Å². The van der Waals surface area contributed by atoms with Crippen molar-refractivity contribution in [3.8, 4) is 0 Å². The molecule has 108 valence electrons. The minimum absolute atomic E-state index is 0.102. The zero-order chi connectivity index (χ0) is 14.7. The van der Waals surface area contributed by atoms with E-state index in [1.807, 2.05) is 0 Å². The van der Waals surface area contributed by atoms with Gasteiger partial charge >= 0.3 is 0 Å². The van der Waals surface area contributed by atoms with Crippen molar-refractivity contribution in [3.05, 3.63) is 18.2 Å². The molecule has 0 unspecified atom stereocenters. The number of hydrogen-bond acceptors (Lipinski definition) is 5. The van der Waals surface area contributed by atoms with Gasteiger partial charge in [0.25, 0.3) is 0 Å². The molecule has 0 saturated heterocycles. The van der Waals surface area contributed by atoms with E-state index < -0.39 is 10.0 Å². The molecule has 0 fully saturated rings. The van der Waals surface area contributed by atoms with E-state index in [-0.39, 0.29) is 15.3 Å². The molecule has 0 bridgehead atoms. The molecular formula is C12H21N3O2S2. The smallest absolute Gasteiger partial charge is 0.242 e. The van der Waals surface area contributed by atoms with Crippen LogP contribution in [0.2, 0.25) is 0 Å². The van der Waals surface area contributed by atoms with Crippen LogP contribution in [0.25, 0.3) is 0 Å². The SMILES string of the molecule is CNS(=O)(=O)c1ccc(NCC(C)(C)SC)cc1N. The Hall–Kier alpha value is -0.920. The molecule has 5 nitrogen and oxygen atoms in total. The Labute approximate surface area is 119 Å². The largest absolute Gasteiger partial charge is 0.398 e. The van der Waals surface area contributed by atoms with Crippen LogP contribution in [0.4, 0.5) is 11.4 Å². The number of thioether (sulfide) groups is 1. The van der Waals surface area contributed by atoms with Crippen LogP contribution in [-0.2, 0) is 10.0 Å². The Kier molecular flexibility index (Phi) is 5.11. The molecule has 1 rings (SSSR count). The topological polar surface area (TPSA) is 84.2 Å². The molecule has 0 heterocycles. The van der Waals surface area contributed by atoms with Gasteiger partial charge in [0, 0.05) is 17.0 Å². The van der Waals surface area contributed by atoms with Crippen molar-refractivity contribution < 1.29 is 8.42 Å². The Balaban J connectivity index is 2.90. The van der Waals surface area contributed by atoms with Gasteiger partial charge in [0.2, 0.25) is 10.0 Å². The average Bonchev–Trinajstić information content (AvgIpc) is 2.36. The normalized spacial score (nSPS) is 12.4. The third-order valence-electron chi connectivity index (χ3n) is 2.84. The van der Waals surface area contributed by atoms with E-state index in [9.17, 15) is 8.42 Å². The monoisotopic (exact) mass is 303 g/mol. The molecule has 4 N–H and O–H groups in total. The highest BCUT2D eigenvalue weighted by Gasteiger charge is 2.17. The Morgan fingerprint density at radius 3 is 2.47 bits per heavy atom. The van der Waals surface area contributed by atoms with Crippen LogP contribution in [0.3, 0.4) is 0 Å². The summed E-state index contributed by atoms with van der Waals surface area (Å²) in [6, 6.07) is 4.87. The van der Waals surface area contributed by atoms with Crippen molar-refractivity contribution in [3.63, 3.8) is 0 Å². The molecule has 0 aliphatic heterocycles. The molecule has 19 heavy (non-hydrogen) atoms. The number of rotatable bonds is 6. The van der Waals surface area contributed by atoms with Gasteiger partial charge in [0.1, 0.15) is 4.90 Å². The molecule has 0 aliphatic carbocycles. The summed E-state index contributed by atoms with van der Waals surface area (Å²) in [4.78, 5) is 0.102. The number of nitrogens with two attached hydrogens (primary N) is 1. The summed E-state index contributed by atoms with van der Waals surface area (Å²) in [7, 11) is -2.14. The second kappa shape index (κ2) is 6.02. The van der Waals surface area contributed by atoms with E-state index in [0.29, 0.717) is 0 Å². The van der Waals surface area contributed by atoms with Crippen LogP contribution >= 0.6 is 11.8 Å². The quantitative estimate of drug-likeness (QED) is 0.697. The Morgan fingerprint density at radius 1 is 1.37 bits per heavy atom. The minimum Gasteiger partial charge on any atom is -0.398 e. The highest BCUT2D eigenvalue weighted by atomic mass is 32.2. The van der Waals surface area contributed by atoms with Crippen LogP contribution in [0.5, 0.6) is 0 Å². The van der Waals surface area contributed by atoms with Gasteiger partial charge in [0.05, 0.1) is 5.69 Å². The summed E-state index contributed by atoms with van der Waals surface area (Å²) in [5, 5.41) is 3.26. The van der Waals surface area contributed by atoms with E-state index in [2.05, 4.69) is 30.1 Å². The summed E-state index contributed by atoms with van der Waals surface area (Å²) in [5.74, 6) is 0. The van der Waals surface area contributed by atoms with Crippen molar-refractivity contribution in [2.24, 2.45) is 0 Å². The highest BCUT2D eigenvalue weighted by Crippen LogP contribution is 2.25. The van der Waals surface area contributed by atoms with Gasteiger partial charge in [-0.15, -0.1) is 0 Å². The van der Waals surface area contributed by atoms with Crippen LogP contribution in [-0.4, -0.2) is 33.0 Å². The first-order valence-corrected chi connectivity index (χ1v) is 8.55. The van der Waals surface area contributed by atoms with Gasteiger partial charge in [-0.05, 0) is 45.4 Å². The van der Waals surface area contributed by atoms with Gasteiger partial charge in [-0.1, -0.05) is 0 Å². The standard InChI is InChI=1S/C12H21N3O2S2/c1-12(2,18-4)8-15-9-5-6-11(10(13)7-9)19(16,17)14-3/h5-7,14-15H,8,13H2,1-4H3. The molecule has 0 aliphatic rings. The van der Waals surface area contributed by atoms with E-state index in [1.165, 1.54) is 13.1 Å². The third kappa shape index (κ3) is 4.29. The number of hydrogen-bond donors (Lipinski definition) is 3. The number of sulfonamides is 1. The summed E-state index contributed by atoms with van der Waals surface area (Å²) in [6.07, 6.45) is 2.05. The number of anilines is 2. The predicted molar refractivity (Wildman–Crippen MR) is 83.2 cm³/mol. The molecule has 0 aromatic heterocycles. The van der Waals surface area contributed by atoms with Crippen LogP contribution in [0.15, 0.2) is 23.1 Å². The molecule has 0 spiro atoms. The van der Waals surface area contributed by atoms with Gasteiger partial charge in [-0.2, -0.15) is 11.8 Å². The maximum atomic E-state index is 11.7. The van der Waals surface area contributed by atoms with Gasteiger partial charge in [-0.25, -0.2) is 13.1 Å². The predicted octanol–water partition coefficient (Wildman–Crippen LogP) is 1.73. The fourth-order valence-corrected chi connectivity index (χ4v) is 2.45. The van der Waals surface area contributed by atoms with Crippen LogP contribution in [0.1, 0.15) is 13.8 Å². The zero-order valence-electron chi connectivity index (χ0n) is 11.6.